The minimum Gasteiger partial charge on any atom is -0.489 e. The molecule has 1 amide bonds. The van der Waals surface area contributed by atoms with E-state index in [4.69, 9.17) is 9.47 Å². The molecule has 3 aromatic carbocycles. The van der Waals surface area contributed by atoms with Gasteiger partial charge in [0.25, 0.3) is 5.91 Å². The maximum absolute atomic E-state index is 12.8. The average Bonchev–Trinajstić information content (AvgIpc) is 2.81. The zero-order chi connectivity index (χ0) is 22.2. The SMILES string of the molecule is COC(=O)C(NC(=O)c1cccc(OCc2ccccc2C#N)c1)c1ccc(Br)cc1. The van der Waals surface area contributed by atoms with Gasteiger partial charge < -0.3 is 14.8 Å². The predicted octanol–water partition coefficient (Wildman–Crippen LogP) is 4.54. The van der Waals surface area contributed by atoms with Crippen LogP contribution in [-0.2, 0) is 16.1 Å². The van der Waals surface area contributed by atoms with Gasteiger partial charge in [0.15, 0.2) is 6.04 Å². The van der Waals surface area contributed by atoms with Crippen LogP contribution >= 0.6 is 15.9 Å². The summed E-state index contributed by atoms with van der Waals surface area (Å²) in [6, 6.07) is 22.0. The van der Waals surface area contributed by atoms with Gasteiger partial charge in [0.05, 0.1) is 18.7 Å². The highest BCUT2D eigenvalue weighted by atomic mass is 79.9. The Balaban J connectivity index is 1.74. The number of carbonyl (C=O) groups excluding carboxylic acids is 2. The first kappa shape index (κ1) is 22.1. The van der Waals surface area contributed by atoms with Crippen molar-refractivity contribution in [3.05, 3.63) is 99.5 Å². The Morgan fingerprint density at radius 3 is 2.52 bits per heavy atom. The molecule has 0 aliphatic heterocycles. The number of ether oxygens (including phenoxy) is 2. The summed E-state index contributed by atoms with van der Waals surface area (Å²) in [6.07, 6.45) is 0. The van der Waals surface area contributed by atoms with E-state index in [1.54, 1.807) is 60.7 Å². The van der Waals surface area contributed by atoms with Crippen molar-refractivity contribution in [2.24, 2.45) is 0 Å². The van der Waals surface area contributed by atoms with Gasteiger partial charge in [-0.15, -0.1) is 0 Å². The van der Waals surface area contributed by atoms with Crippen molar-refractivity contribution in [1.82, 2.24) is 5.32 Å². The van der Waals surface area contributed by atoms with E-state index in [-0.39, 0.29) is 6.61 Å². The molecule has 0 spiro atoms. The Hall–Kier alpha value is -3.63. The van der Waals surface area contributed by atoms with Crippen LogP contribution in [0.2, 0.25) is 0 Å². The summed E-state index contributed by atoms with van der Waals surface area (Å²) < 4.78 is 11.5. The molecule has 0 aliphatic carbocycles. The number of amides is 1. The summed E-state index contributed by atoms with van der Waals surface area (Å²) in [7, 11) is 1.27. The Bertz CT molecular complexity index is 1120. The number of benzene rings is 3. The summed E-state index contributed by atoms with van der Waals surface area (Å²) >= 11 is 3.35. The zero-order valence-corrected chi connectivity index (χ0v) is 18.3. The lowest BCUT2D eigenvalue weighted by atomic mass is 10.1. The first-order chi connectivity index (χ1) is 15.0. The van der Waals surface area contributed by atoms with Crippen LogP contribution in [0, 0.1) is 11.3 Å². The van der Waals surface area contributed by atoms with Gasteiger partial charge in [-0.1, -0.05) is 52.3 Å². The predicted molar refractivity (Wildman–Crippen MR) is 118 cm³/mol. The molecule has 3 aromatic rings. The van der Waals surface area contributed by atoms with Gasteiger partial charge in [0.1, 0.15) is 12.4 Å². The van der Waals surface area contributed by atoms with Crippen molar-refractivity contribution >= 4 is 27.8 Å². The van der Waals surface area contributed by atoms with Crippen LogP contribution in [0.1, 0.15) is 33.1 Å². The highest BCUT2D eigenvalue weighted by Crippen LogP contribution is 2.21. The molecule has 3 rings (SSSR count). The molecule has 0 aromatic heterocycles. The van der Waals surface area contributed by atoms with Crippen molar-refractivity contribution in [1.29, 1.82) is 5.26 Å². The fraction of sp³-hybridized carbons (Fsp3) is 0.125. The van der Waals surface area contributed by atoms with Crippen LogP contribution < -0.4 is 10.1 Å². The second-order valence-corrected chi connectivity index (χ2v) is 7.48. The molecule has 156 valence electrons. The van der Waals surface area contributed by atoms with E-state index in [9.17, 15) is 14.9 Å². The monoisotopic (exact) mass is 478 g/mol. The standard InChI is InChI=1S/C24H19BrN2O4/c1-30-24(29)22(16-9-11-20(25)12-10-16)27-23(28)17-7-4-8-21(13-17)31-15-19-6-3-2-5-18(19)14-26/h2-13,22H,15H2,1H3,(H,27,28). The topological polar surface area (TPSA) is 88.4 Å². The number of halogens is 1. The van der Waals surface area contributed by atoms with E-state index in [1.165, 1.54) is 7.11 Å². The Morgan fingerprint density at radius 1 is 1.06 bits per heavy atom. The van der Waals surface area contributed by atoms with Crippen LogP contribution in [-0.4, -0.2) is 19.0 Å². The largest absolute Gasteiger partial charge is 0.489 e. The fourth-order valence-electron chi connectivity index (χ4n) is 2.91. The van der Waals surface area contributed by atoms with E-state index in [1.807, 2.05) is 12.1 Å². The molecule has 1 atom stereocenters. The summed E-state index contributed by atoms with van der Waals surface area (Å²) in [6.45, 7) is 0.193. The molecule has 0 aliphatic rings. The smallest absolute Gasteiger partial charge is 0.333 e. The number of carbonyl (C=O) groups is 2. The van der Waals surface area contributed by atoms with E-state index >= 15 is 0 Å². The van der Waals surface area contributed by atoms with Gasteiger partial charge >= 0.3 is 5.97 Å². The third-order valence-electron chi connectivity index (χ3n) is 4.54. The first-order valence-electron chi connectivity index (χ1n) is 9.37. The van der Waals surface area contributed by atoms with E-state index < -0.39 is 17.9 Å². The number of nitriles is 1. The fourth-order valence-corrected chi connectivity index (χ4v) is 3.17. The number of nitrogens with one attached hydrogen (secondary N) is 1. The van der Waals surface area contributed by atoms with Crippen molar-refractivity contribution < 1.29 is 19.1 Å². The number of hydrogen-bond acceptors (Lipinski definition) is 5. The molecule has 0 fully saturated rings. The average molecular weight is 479 g/mol. The lowest BCUT2D eigenvalue weighted by Gasteiger charge is -2.17. The van der Waals surface area contributed by atoms with Crippen LogP contribution in [0.5, 0.6) is 5.75 Å². The lowest BCUT2D eigenvalue weighted by molar-refractivity contribution is -0.143. The van der Waals surface area contributed by atoms with Gasteiger partial charge in [-0.2, -0.15) is 5.26 Å². The molecule has 0 saturated heterocycles. The number of esters is 1. The summed E-state index contributed by atoms with van der Waals surface area (Å²) in [5.74, 6) is -0.545. The quantitative estimate of drug-likeness (QED) is 0.503. The van der Waals surface area contributed by atoms with E-state index in [2.05, 4.69) is 27.3 Å². The molecule has 7 heteroatoms. The second kappa shape index (κ2) is 10.4. The van der Waals surface area contributed by atoms with Gasteiger partial charge in [-0.3, -0.25) is 4.79 Å². The maximum atomic E-state index is 12.8. The van der Waals surface area contributed by atoms with Crippen molar-refractivity contribution in [2.75, 3.05) is 7.11 Å². The number of nitrogens with zero attached hydrogens (tertiary/aromatic N) is 1. The number of rotatable bonds is 7. The summed E-state index contributed by atoms with van der Waals surface area (Å²) in [5, 5.41) is 11.9. The maximum Gasteiger partial charge on any atom is 0.333 e. The minimum atomic E-state index is -0.947. The van der Waals surface area contributed by atoms with Crippen molar-refractivity contribution in [3.8, 4) is 11.8 Å². The minimum absolute atomic E-state index is 0.193. The number of methoxy groups -OCH3 is 1. The van der Waals surface area contributed by atoms with E-state index in [0.29, 0.717) is 22.4 Å². The summed E-state index contributed by atoms with van der Waals surface area (Å²) in [5.41, 5.74) is 2.22. The molecular weight excluding hydrogens is 460 g/mol. The van der Waals surface area contributed by atoms with Crippen molar-refractivity contribution in [3.63, 3.8) is 0 Å². The molecule has 6 nitrogen and oxygen atoms in total. The Kier molecular flexibility index (Phi) is 7.41. The second-order valence-electron chi connectivity index (χ2n) is 6.57. The van der Waals surface area contributed by atoms with Crippen LogP contribution in [0.15, 0.2) is 77.3 Å². The number of hydrogen-bond donors (Lipinski definition) is 1. The van der Waals surface area contributed by atoms with E-state index in [0.717, 1.165) is 10.0 Å². The molecule has 0 radical (unpaired) electrons. The molecular formula is C24H19BrN2O4. The van der Waals surface area contributed by atoms with Crippen molar-refractivity contribution in [2.45, 2.75) is 12.6 Å². The normalized spacial score (nSPS) is 11.1. The van der Waals surface area contributed by atoms with Gasteiger partial charge in [0, 0.05) is 15.6 Å². The first-order valence-corrected chi connectivity index (χ1v) is 10.2. The summed E-state index contributed by atoms with van der Waals surface area (Å²) in [4.78, 5) is 25.1. The molecule has 0 heterocycles. The highest BCUT2D eigenvalue weighted by Gasteiger charge is 2.24. The molecule has 31 heavy (non-hydrogen) atoms. The molecule has 1 unspecified atom stereocenters. The van der Waals surface area contributed by atoms with Crippen LogP contribution in [0.3, 0.4) is 0 Å². The molecule has 0 saturated carbocycles. The molecule has 0 bridgehead atoms. The zero-order valence-electron chi connectivity index (χ0n) is 16.7. The Labute approximate surface area is 188 Å². The Morgan fingerprint density at radius 2 is 1.81 bits per heavy atom. The van der Waals surface area contributed by atoms with Crippen LogP contribution in [0.25, 0.3) is 0 Å². The van der Waals surface area contributed by atoms with Gasteiger partial charge in [-0.05, 0) is 42.0 Å². The van der Waals surface area contributed by atoms with Gasteiger partial charge in [0.2, 0.25) is 0 Å². The lowest BCUT2D eigenvalue weighted by Crippen LogP contribution is -2.34. The highest BCUT2D eigenvalue weighted by molar-refractivity contribution is 9.10. The third kappa shape index (κ3) is 5.71. The molecule has 1 N–H and O–H groups in total. The van der Waals surface area contributed by atoms with Gasteiger partial charge in [-0.25, -0.2) is 4.79 Å². The third-order valence-corrected chi connectivity index (χ3v) is 5.07. The van der Waals surface area contributed by atoms with Crippen LogP contribution in [0.4, 0.5) is 0 Å².